The molecule has 98 valence electrons. The van der Waals surface area contributed by atoms with Crippen LogP contribution in [0.25, 0.3) is 0 Å². The normalized spacial score (nSPS) is 23.2. The van der Waals surface area contributed by atoms with E-state index < -0.39 is 0 Å². The molecular formula is C18H21N. The van der Waals surface area contributed by atoms with E-state index in [2.05, 4.69) is 66.2 Å². The summed E-state index contributed by atoms with van der Waals surface area (Å²) in [4.78, 5) is 2.53. The fourth-order valence-electron chi connectivity index (χ4n) is 2.97. The summed E-state index contributed by atoms with van der Waals surface area (Å²) >= 11 is 0. The molecule has 1 heterocycles. The van der Waals surface area contributed by atoms with E-state index in [0.29, 0.717) is 11.8 Å². The van der Waals surface area contributed by atoms with Crippen LogP contribution in [0.1, 0.15) is 12.8 Å². The predicted molar refractivity (Wildman–Crippen MR) is 81.6 cm³/mol. The standard InChI is InChI=1S/C18H21N/c1-15(16-8-2-3-9-16)14-18(17-10-4-5-11-17)19-12-6-7-13-19/h2-5,8-11,14,16-17H,1,6-7,12-13H2/b18-14-. The van der Waals surface area contributed by atoms with Crippen molar-refractivity contribution < 1.29 is 0 Å². The Labute approximate surface area is 116 Å². The Morgan fingerprint density at radius 2 is 1.42 bits per heavy atom. The molecule has 0 saturated carbocycles. The van der Waals surface area contributed by atoms with Gasteiger partial charge in [-0.05, 0) is 24.5 Å². The van der Waals surface area contributed by atoms with Gasteiger partial charge in [0.25, 0.3) is 0 Å². The van der Waals surface area contributed by atoms with Gasteiger partial charge in [0.15, 0.2) is 0 Å². The molecule has 1 heteroatoms. The third-order valence-corrected chi connectivity index (χ3v) is 4.07. The van der Waals surface area contributed by atoms with E-state index in [1.807, 2.05) is 0 Å². The topological polar surface area (TPSA) is 3.24 Å². The summed E-state index contributed by atoms with van der Waals surface area (Å²) in [7, 11) is 0. The average molecular weight is 251 g/mol. The first kappa shape index (κ1) is 12.3. The molecule has 0 radical (unpaired) electrons. The lowest BCUT2D eigenvalue weighted by molar-refractivity contribution is 0.400. The zero-order chi connectivity index (χ0) is 13.1. The van der Waals surface area contributed by atoms with Crippen LogP contribution in [-0.4, -0.2) is 18.0 Å². The quantitative estimate of drug-likeness (QED) is 0.682. The largest absolute Gasteiger partial charge is 0.374 e. The summed E-state index contributed by atoms with van der Waals surface area (Å²) in [6, 6.07) is 0. The number of allylic oxidation sites excluding steroid dienone is 9. The van der Waals surface area contributed by atoms with Crippen molar-refractivity contribution in [1.29, 1.82) is 0 Å². The van der Waals surface area contributed by atoms with Gasteiger partial charge in [-0.2, -0.15) is 0 Å². The predicted octanol–water partition coefficient (Wildman–Crippen LogP) is 4.01. The highest BCUT2D eigenvalue weighted by atomic mass is 15.2. The maximum Gasteiger partial charge on any atom is 0.0355 e. The summed E-state index contributed by atoms with van der Waals surface area (Å²) in [5.41, 5.74) is 2.61. The van der Waals surface area contributed by atoms with Crippen LogP contribution in [0.2, 0.25) is 0 Å². The lowest BCUT2D eigenvalue weighted by Crippen LogP contribution is -2.23. The van der Waals surface area contributed by atoms with Crippen molar-refractivity contribution in [3.05, 3.63) is 72.5 Å². The van der Waals surface area contributed by atoms with E-state index in [9.17, 15) is 0 Å². The van der Waals surface area contributed by atoms with Gasteiger partial charge in [0.2, 0.25) is 0 Å². The summed E-state index contributed by atoms with van der Waals surface area (Å²) in [6.45, 7) is 6.64. The maximum atomic E-state index is 4.27. The van der Waals surface area contributed by atoms with Crippen LogP contribution in [0.3, 0.4) is 0 Å². The Balaban J connectivity index is 1.82. The zero-order valence-electron chi connectivity index (χ0n) is 11.3. The van der Waals surface area contributed by atoms with Gasteiger partial charge >= 0.3 is 0 Å². The van der Waals surface area contributed by atoms with E-state index in [0.717, 1.165) is 0 Å². The Kier molecular flexibility index (Phi) is 3.54. The molecule has 1 saturated heterocycles. The number of hydrogen-bond acceptors (Lipinski definition) is 1. The monoisotopic (exact) mass is 251 g/mol. The Morgan fingerprint density at radius 1 is 0.895 bits per heavy atom. The fourth-order valence-corrected chi connectivity index (χ4v) is 2.97. The lowest BCUT2D eigenvalue weighted by atomic mass is 9.97. The summed E-state index contributed by atoms with van der Waals surface area (Å²) in [5, 5.41) is 0. The Hall–Kier alpha value is -1.76. The summed E-state index contributed by atoms with van der Waals surface area (Å²) < 4.78 is 0. The molecule has 0 aromatic heterocycles. The number of hydrogen-bond donors (Lipinski definition) is 0. The highest BCUT2D eigenvalue weighted by Gasteiger charge is 2.21. The zero-order valence-corrected chi connectivity index (χ0v) is 11.3. The van der Waals surface area contributed by atoms with Crippen molar-refractivity contribution in [3.8, 4) is 0 Å². The maximum absolute atomic E-state index is 4.27. The smallest absolute Gasteiger partial charge is 0.0355 e. The molecule has 0 unspecified atom stereocenters. The molecule has 3 rings (SSSR count). The summed E-state index contributed by atoms with van der Waals surface area (Å²) in [6.07, 6.45) is 22.4. The number of nitrogens with zero attached hydrogens (tertiary/aromatic N) is 1. The first-order valence-electron chi connectivity index (χ1n) is 7.20. The molecule has 2 aliphatic carbocycles. The fraction of sp³-hybridized carbons (Fsp3) is 0.333. The minimum Gasteiger partial charge on any atom is -0.374 e. The van der Waals surface area contributed by atoms with Gasteiger partial charge in [-0.15, -0.1) is 0 Å². The minimum atomic E-state index is 0.381. The van der Waals surface area contributed by atoms with Gasteiger partial charge in [0.05, 0.1) is 0 Å². The molecule has 0 spiro atoms. The Bertz CT molecular complexity index is 472. The van der Waals surface area contributed by atoms with Gasteiger partial charge in [0.1, 0.15) is 0 Å². The Morgan fingerprint density at radius 3 is 2.00 bits per heavy atom. The second-order valence-corrected chi connectivity index (χ2v) is 5.43. The highest BCUT2D eigenvalue weighted by Crippen LogP contribution is 2.29. The van der Waals surface area contributed by atoms with Crippen LogP contribution in [0.4, 0.5) is 0 Å². The van der Waals surface area contributed by atoms with Gasteiger partial charge < -0.3 is 4.90 Å². The van der Waals surface area contributed by atoms with Crippen molar-refractivity contribution in [2.75, 3.05) is 13.1 Å². The van der Waals surface area contributed by atoms with Gasteiger partial charge in [-0.3, -0.25) is 0 Å². The lowest BCUT2D eigenvalue weighted by Gasteiger charge is -2.26. The van der Waals surface area contributed by atoms with Crippen molar-refractivity contribution in [2.24, 2.45) is 11.8 Å². The van der Waals surface area contributed by atoms with Crippen molar-refractivity contribution in [1.82, 2.24) is 4.90 Å². The molecule has 3 aliphatic rings. The van der Waals surface area contributed by atoms with E-state index in [-0.39, 0.29) is 0 Å². The molecule has 0 atom stereocenters. The van der Waals surface area contributed by atoms with Crippen molar-refractivity contribution in [2.45, 2.75) is 12.8 Å². The van der Waals surface area contributed by atoms with Crippen LogP contribution in [0.15, 0.2) is 72.5 Å². The molecule has 19 heavy (non-hydrogen) atoms. The van der Waals surface area contributed by atoms with Gasteiger partial charge in [-0.1, -0.05) is 55.2 Å². The van der Waals surface area contributed by atoms with E-state index in [1.54, 1.807) is 0 Å². The van der Waals surface area contributed by atoms with Gasteiger partial charge in [0, 0.05) is 30.6 Å². The van der Waals surface area contributed by atoms with Gasteiger partial charge in [-0.25, -0.2) is 0 Å². The van der Waals surface area contributed by atoms with E-state index in [4.69, 9.17) is 0 Å². The third kappa shape index (κ3) is 2.65. The number of likely N-dealkylation sites (tertiary alicyclic amines) is 1. The SMILES string of the molecule is C=C(/C=C(/C1C=CC=C1)N1CCCC1)C1C=CC=C1. The molecule has 0 amide bonds. The van der Waals surface area contributed by atoms with Crippen LogP contribution in [-0.2, 0) is 0 Å². The molecule has 1 aliphatic heterocycles. The van der Waals surface area contributed by atoms with Crippen LogP contribution < -0.4 is 0 Å². The first-order chi connectivity index (χ1) is 9.34. The molecule has 0 bridgehead atoms. The first-order valence-corrected chi connectivity index (χ1v) is 7.20. The average Bonchev–Trinajstić information content (AvgIpc) is 3.17. The summed E-state index contributed by atoms with van der Waals surface area (Å²) in [5.74, 6) is 0.816. The molecule has 0 aromatic rings. The van der Waals surface area contributed by atoms with Crippen LogP contribution in [0.5, 0.6) is 0 Å². The van der Waals surface area contributed by atoms with Crippen LogP contribution in [0, 0.1) is 11.8 Å². The second kappa shape index (κ2) is 5.48. The third-order valence-electron chi connectivity index (χ3n) is 4.07. The van der Waals surface area contributed by atoms with Crippen molar-refractivity contribution in [3.63, 3.8) is 0 Å². The second-order valence-electron chi connectivity index (χ2n) is 5.43. The highest BCUT2D eigenvalue weighted by molar-refractivity contribution is 5.38. The van der Waals surface area contributed by atoms with E-state index >= 15 is 0 Å². The molecule has 1 fully saturated rings. The molecule has 1 nitrogen and oxygen atoms in total. The molecular weight excluding hydrogens is 230 g/mol. The molecule has 0 aromatic carbocycles. The molecule has 0 N–H and O–H groups in total. The minimum absolute atomic E-state index is 0.381. The van der Waals surface area contributed by atoms with E-state index in [1.165, 1.54) is 37.2 Å². The number of rotatable bonds is 4. The van der Waals surface area contributed by atoms with Crippen LogP contribution >= 0.6 is 0 Å². The van der Waals surface area contributed by atoms with Crippen molar-refractivity contribution >= 4 is 0 Å².